The van der Waals surface area contributed by atoms with Crippen LogP contribution in [0.1, 0.15) is 10.4 Å². The summed E-state index contributed by atoms with van der Waals surface area (Å²) in [6, 6.07) is 4.17. The zero-order chi connectivity index (χ0) is 15.6. The zero-order valence-corrected chi connectivity index (χ0v) is 13.6. The van der Waals surface area contributed by atoms with E-state index in [1.807, 2.05) is 0 Å². The molecule has 114 valence electrons. The number of amides is 3. The number of benzene rings is 1. The van der Waals surface area contributed by atoms with Gasteiger partial charge in [-0.1, -0.05) is 0 Å². The number of carbonyl (C=O) groups is 2. The van der Waals surface area contributed by atoms with Crippen molar-refractivity contribution in [2.45, 2.75) is 0 Å². The van der Waals surface area contributed by atoms with Gasteiger partial charge >= 0.3 is 6.03 Å². The van der Waals surface area contributed by atoms with E-state index >= 15 is 0 Å². The van der Waals surface area contributed by atoms with Gasteiger partial charge in [-0.25, -0.2) is 9.18 Å². The molecule has 1 fully saturated rings. The molecule has 0 unspecified atom stereocenters. The topological polar surface area (TPSA) is 43.9 Å². The van der Waals surface area contributed by atoms with Crippen LogP contribution in [0.4, 0.5) is 9.18 Å². The van der Waals surface area contributed by atoms with Crippen LogP contribution in [-0.2, 0) is 0 Å². The van der Waals surface area contributed by atoms with Gasteiger partial charge in [0.05, 0.1) is 4.47 Å². The number of rotatable bonds is 1. The first-order valence-electron chi connectivity index (χ1n) is 6.60. The maximum atomic E-state index is 13.2. The fourth-order valence-electron chi connectivity index (χ4n) is 2.20. The number of hydrogen-bond donors (Lipinski definition) is 0. The molecule has 0 aliphatic carbocycles. The molecule has 7 heteroatoms. The second-order valence-corrected chi connectivity index (χ2v) is 5.94. The average Bonchev–Trinajstić information content (AvgIpc) is 2.48. The van der Waals surface area contributed by atoms with Crippen LogP contribution in [0, 0.1) is 5.82 Å². The van der Waals surface area contributed by atoms with Gasteiger partial charge in [-0.2, -0.15) is 0 Å². The minimum Gasteiger partial charge on any atom is -0.335 e. The number of nitrogens with zero attached hydrogens (tertiary/aromatic N) is 3. The fraction of sp³-hybridized carbons (Fsp3) is 0.429. The van der Waals surface area contributed by atoms with E-state index in [0.29, 0.717) is 31.7 Å². The van der Waals surface area contributed by atoms with Crippen molar-refractivity contribution in [2.75, 3.05) is 40.3 Å². The standard InChI is InChI=1S/C14H17BrFN3O2/c1-17(2)14(21)19-7-5-18(6-8-19)13(20)10-3-4-12(16)11(15)9-10/h3-4,9H,5-8H2,1-2H3. The Morgan fingerprint density at radius 2 is 1.71 bits per heavy atom. The van der Waals surface area contributed by atoms with Gasteiger partial charge in [0.1, 0.15) is 5.82 Å². The first-order valence-corrected chi connectivity index (χ1v) is 7.40. The lowest BCUT2D eigenvalue weighted by atomic mass is 10.2. The molecule has 0 spiro atoms. The summed E-state index contributed by atoms with van der Waals surface area (Å²) < 4.78 is 13.5. The predicted molar refractivity (Wildman–Crippen MR) is 80.7 cm³/mol. The third-order valence-electron chi connectivity index (χ3n) is 3.39. The van der Waals surface area contributed by atoms with Crippen LogP contribution in [0.2, 0.25) is 0 Å². The van der Waals surface area contributed by atoms with Crippen molar-refractivity contribution in [3.8, 4) is 0 Å². The second kappa shape index (κ2) is 6.43. The molecule has 0 N–H and O–H groups in total. The number of piperazine rings is 1. The lowest BCUT2D eigenvalue weighted by Crippen LogP contribution is -2.52. The van der Waals surface area contributed by atoms with Crippen molar-refractivity contribution in [3.63, 3.8) is 0 Å². The molecule has 0 bridgehead atoms. The van der Waals surface area contributed by atoms with Gasteiger partial charge in [0.25, 0.3) is 5.91 Å². The van der Waals surface area contributed by atoms with E-state index in [4.69, 9.17) is 0 Å². The van der Waals surface area contributed by atoms with Crippen molar-refractivity contribution in [1.82, 2.24) is 14.7 Å². The molecule has 5 nitrogen and oxygen atoms in total. The monoisotopic (exact) mass is 357 g/mol. The first kappa shape index (κ1) is 15.8. The molecular formula is C14H17BrFN3O2. The molecule has 1 heterocycles. The Bertz CT molecular complexity index is 557. The number of urea groups is 1. The molecule has 0 aromatic heterocycles. The molecule has 1 saturated heterocycles. The quantitative estimate of drug-likeness (QED) is 0.771. The van der Waals surface area contributed by atoms with Crippen LogP contribution in [0.15, 0.2) is 22.7 Å². The summed E-state index contributed by atoms with van der Waals surface area (Å²) in [7, 11) is 3.41. The molecule has 21 heavy (non-hydrogen) atoms. The lowest BCUT2D eigenvalue weighted by molar-refractivity contribution is 0.0650. The highest BCUT2D eigenvalue weighted by Crippen LogP contribution is 2.18. The van der Waals surface area contributed by atoms with Crippen molar-refractivity contribution >= 4 is 27.9 Å². The largest absolute Gasteiger partial charge is 0.335 e. The van der Waals surface area contributed by atoms with Crippen LogP contribution in [-0.4, -0.2) is 66.9 Å². The Morgan fingerprint density at radius 3 is 2.24 bits per heavy atom. The van der Waals surface area contributed by atoms with Crippen LogP contribution in [0.25, 0.3) is 0 Å². The Kier molecular flexibility index (Phi) is 4.82. The van der Waals surface area contributed by atoms with E-state index in [-0.39, 0.29) is 16.4 Å². The van der Waals surface area contributed by atoms with E-state index in [1.165, 1.54) is 23.1 Å². The SMILES string of the molecule is CN(C)C(=O)N1CCN(C(=O)c2ccc(F)c(Br)c2)CC1. The summed E-state index contributed by atoms with van der Waals surface area (Å²) in [4.78, 5) is 29.1. The zero-order valence-electron chi connectivity index (χ0n) is 12.0. The van der Waals surface area contributed by atoms with E-state index in [9.17, 15) is 14.0 Å². The summed E-state index contributed by atoms with van der Waals surface area (Å²) >= 11 is 3.08. The second-order valence-electron chi connectivity index (χ2n) is 5.09. The van der Waals surface area contributed by atoms with Gasteiger partial charge in [0.15, 0.2) is 0 Å². The summed E-state index contributed by atoms with van der Waals surface area (Å²) in [5, 5.41) is 0. The average molecular weight is 358 g/mol. The molecule has 1 aliphatic heterocycles. The Hall–Kier alpha value is -1.63. The fourth-order valence-corrected chi connectivity index (χ4v) is 2.57. The van der Waals surface area contributed by atoms with Crippen molar-refractivity contribution in [1.29, 1.82) is 0 Å². The highest BCUT2D eigenvalue weighted by Gasteiger charge is 2.25. The Labute approximate surface area is 131 Å². The van der Waals surface area contributed by atoms with Gasteiger partial charge in [-0.3, -0.25) is 4.79 Å². The lowest BCUT2D eigenvalue weighted by Gasteiger charge is -2.36. The van der Waals surface area contributed by atoms with E-state index < -0.39 is 5.82 Å². The molecule has 1 aromatic rings. The number of halogens is 2. The highest BCUT2D eigenvalue weighted by atomic mass is 79.9. The van der Waals surface area contributed by atoms with Crippen LogP contribution >= 0.6 is 15.9 Å². The smallest absolute Gasteiger partial charge is 0.319 e. The molecule has 0 atom stereocenters. The van der Waals surface area contributed by atoms with E-state index in [2.05, 4.69) is 15.9 Å². The van der Waals surface area contributed by atoms with Crippen LogP contribution in [0.3, 0.4) is 0 Å². The predicted octanol–water partition coefficient (Wildman–Crippen LogP) is 2.03. The Balaban J connectivity index is 2.00. The molecule has 3 amide bonds. The summed E-state index contributed by atoms with van der Waals surface area (Å²) in [6.45, 7) is 1.97. The number of hydrogen-bond acceptors (Lipinski definition) is 2. The minimum atomic E-state index is -0.395. The molecule has 0 radical (unpaired) electrons. The van der Waals surface area contributed by atoms with Gasteiger partial charge < -0.3 is 14.7 Å². The van der Waals surface area contributed by atoms with Crippen LogP contribution < -0.4 is 0 Å². The maximum absolute atomic E-state index is 13.2. The van der Waals surface area contributed by atoms with Crippen molar-refractivity contribution < 1.29 is 14.0 Å². The van der Waals surface area contributed by atoms with Gasteiger partial charge in [0.2, 0.25) is 0 Å². The van der Waals surface area contributed by atoms with Gasteiger partial charge in [0, 0.05) is 45.8 Å². The van der Waals surface area contributed by atoms with Crippen LogP contribution in [0.5, 0.6) is 0 Å². The summed E-state index contributed by atoms with van der Waals surface area (Å²) in [6.07, 6.45) is 0. The molecule has 2 rings (SSSR count). The first-order chi connectivity index (χ1) is 9.90. The molecule has 0 saturated carbocycles. The molecular weight excluding hydrogens is 341 g/mol. The highest BCUT2D eigenvalue weighted by molar-refractivity contribution is 9.10. The third-order valence-corrected chi connectivity index (χ3v) is 3.99. The van der Waals surface area contributed by atoms with E-state index in [1.54, 1.807) is 23.9 Å². The minimum absolute atomic E-state index is 0.0494. The summed E-state index contributed by atoms with van der Waals surface area (Å²) in [5.74, 6) is -0.541. The van der Waals surface area contributed by atoms with E-state index in [0.717, 1.165) is 0 Å². The van der Waals surface area contributed by atoms with Crippen molar-refractivity contribution in [3.05, 3.63) is 34.1 Å². The van der Waals surface area contributed by atoms with Gasteiger partial charge in [-0.15, -0.1) is 0 Å². The number of carbonyl (C=O) groups excluding carboxylic acids is 2. The Morgan fingerprint density at radius 1 is 1.14 bits per heavy atom. The third kappa shape index (κ3) is 3.53. The maximum Gasteiger partial charge on any atom is 0.319 e. The molecule has 1 aliphatic rings. The summed E-state index contributed by atoms with van der Waals surface area (Å²) in [5.41, 5.74) is 0.440. The molecule has 1 aromatic carbocycles. The van der Waals surface area contributed by atoms with Crippen molar-refractivity contribution in [2.24, 2.45) is 0 Å². The normalized spacial score (nSPS) is 15.0. The van der Waals surface area contributed by atoms with Gasteiger partial charge in [-0.05, 0) is 34.1 Å².